The van der Waals surface area contributed by atoms with Crippen molar-refractivity contribution in [1.82, 2.24) is 10.2 Å². The van der Waals surface area contributed by atoms with Gasteiger partial charge in [-0.3, -0.25) is 0 Å². The zero-order valence-electron chi connectivity index (χ0n) is 12.7. The van der Waals surface area contributed by atoms with E-state index in [0.717, 1.165) is 17.7 Å². The molecule has 1 aromatic heterocycles. The van der Waals surface area contributed by atoms with E-state index in [1.807, 2.05) is 31.2 Å². The van der Waals surface area contributed by atoms with Crippen LogP contribution in [0.1, 0.15) is 31.2 Å². The Morgan fingerprint density at radius 2 is 1.95 bits per heavy atom. The van der Waals surface area contributed by atoms with Crippen molar-refractivity contribution in [3.05, 3.63) is 47.7 Å². The van der Waals surface area contributed by atoms with Gasteiger partial charge in [-0.05, 0) is 30.7 Å². The summed E-state index contributed by atoms with van der Waals surface area (Å²) in [7, 11) is 0. The first-order valence-electron chi connectivity index (χ1n) is 7.21. The van der Waals surface area contributed by atoms with Gasteiger partial charge in [-0.15, -0.1) is 10.2 Å². The van der Waals surface area contributed by atoms with E-state index in [4.69, 9.17) is 9.15 Å². The lowest BCUT2D eigenvalue weighted by Gasteiger charge is -2.03. The van der Waals surface area contributed by atoms with Gasteiger partial charge in [0.05, 0.1) is 13.2 Å². The smallest absolute Gasteiger partial charge is 0.330 e. The number of esters is 1. The molecule has 2 rings (SSSR count). The molecule has 0 aliphatic rings. The van der Waals surface area contributed by atoms with Crippen LogP contribution < -0.4 is 5.32 Å². The Kier molecular flexibility index (Phi) is 5.71. The fourth-order valence-electron chi connectivity index (χ4n) is 1.75. The quantitative estimate of drug-likeness (QED) is 0.626. The molecule has 0 aliphatic heterocycles. The molecule has 0 amide bonds. The zero-order valence-corrected chi connectivity index (χ0v) is 12.7. The molecule has 0 saturated heterocycles. The van der Waals surface area contributed by atoms with E-state index in [1.54, 1.807) is 13.0 Å². The van der Waals surface area contributed by atoms with Gasteiger partial charge in [0.15, 0.2) is 0 Å². The molecule has 0 bridgehead atoms. The third kappa shape index (κ3) is 4.73. The van der Waals surface area contributed by atoms with Crippen LogP contribution in [0.5, 0.6) is 0 Å². The maximum absolute atomic E-state index is 11.2. The van der Waals surface area contributed by atoms with Crippen LogP contribution in [-0.2, 0) is 22.5 Å². The predicted molar refractivity (Wildman–Crippen MR) is 83.1 cm³/mol. The summed E-state index contributed by atoms with van der Waals surface area (Å²) in [5.74, 6) is 0.854. The van der Waals surface area contributed by atoms with Crippen molar-refractivity contribution in [3.8, 4) is 0 Å². The van der Waals surface area contributed by atoms with E-state index in [-0.39, 0.29) is 5.97 Å². The van der Waals surface area contributed by atoms with Crippen LogP contribution in [0.3, 0.4) is 0 Å². The fourth-order valence-corrected chi connectivity index (χ4v) is 1.75. The summed E-state index contributed by atoms with van der Waals surface area (Å²) in [4.78, 5) is 11.2. The minimum atomic E-state index is -0.340. The highest BCUT2D eigenvalue weighted by molar-refractivity contribution is 5.87. The molecule has 0 radical (unpaired) electrons. The van der Waals surface area contributed by atoms with Crippen molar-refractivity contribution in [2.75, 3.05) is 11.9 Å². The van der Waals surface area contributed by atoms with Crippen molar-refractivity contribution in [2.45, 2.75) is 26.8 Å². The number of nitrogens with zero attached hydrogens (tertiary/aromatic N) is 2. The van der Waals surface area contributed by atoms with Crippen molar-refractivity contribution in [1.29, 1.82) is 0 Å². The summed E-state index contributed by atoms with van der Waals surface area (Å²) in [5, 5.41) is 11.1. The summed E-state index contributed by atoms with van der Waals surface area (Å²) in [6, 6.07) is 7.65. The van der Waals surface area contributed by atoms with Crippen molar-refractivity contribution in [3.63, 3.8) is 0 Å². The Morgan fingerprint density at radius 3 is 2.59 bits per heavy atom. The molecule has 0 atom stereocenters. The predicted octanol–water partition coefficient (Wildman–Crippen LogP) is 2.82. The van der Waals surface area contributed by atoms with Gasteiger partial charge in [0.2, 0.25) is 11.8 Å². The second kappa shape index (κ2) is 7.97. The number of hydrogen-bond donors (Lipinski definition) is 1. The van der Waals surface area contributed by atoms with Gasteiger partial charge in [-0.2, -0.15) is 0 Å². The van der Waals surface area contributed by atoms with Crippen LogP contribution in [-0.4, -0.2) is 22.8 Å². The molecule has 2 aromatic rings. The molecule has 1 aromatic carbocycles. The van der Waals surface area contributed by atoms with Crippen LogP contribution in [0.15, 0.2) is 34.8 Å². The largest absolute Gasteiger partial charge is 0.463 e. The lowest BCUT2D eigenvalue weighted by atomic mass is 10.2. The van der Waals surface area contributed by atoms with Gasteiger partial charge in [0.25, 0.3) is 0 Å². The topological polar surface area (TPSA) is 77.2 Å². The number of nitrogens with one attached hydrogen (secondary N) is 1. The standard InChI is InChI=1S/C16H19N3O3/c1-3-14-18-19-15(22-14)11-17-13-8-5-12(6-9-13)7-10-16(20)21-4-2/h5-10,17H,3-4,11H2,1-2H3/b10-7+. The number of anilines is 1. The number of hydrogen-bond acceptors (Lipinski definition) is 6. The van der Waals surface area contributed by atoms with E-state index in [9.17, 15) is 4.79 Å². The normalized spacial score (nSPS) is 10.8. The van der Waals surface area contributed by atoms with Crippen molar-refractivity contribution < 1.29 is 13.9 Å². The minimum absolute atomic E-state index is 0.340. The molecule has 0 fully saturated rings. The molecule has 0 saturated carbocycles. The molecular formula is C16H19N3O3. The molecule has 6 heteroatoms. The minimum Gasteiger partial charge on any atom is -0.463 e. The summed E-state index contributed by atoms with van der Waals surface area (Å²) in [6.07, 6.45) is 3.86. The molecule has 116 valence electrons. The van der Waals surface area contributed by atoms with E-state index >= 15 is 0 Å². The van der Waals surface area contributed by atoms with Gasteiger partial charge in [0, 0.05) is 18.2 Å². The van der Waals surface area contributed by atoms with E-state index < -0.39 is 0 Å². The Bertz CT molecular complexity index is 632. The number of carbonyl (C=O) groups is 1. The lowest BCUT2D eigenvalue weighted by Crippen LogP contribution is -1.99. The number of carbonyl (C=O) groups excluding carboxylic acids is 1. The molecule has 0 aliphatic carbocycles. The van der Waals surface area contributed by atoms with Crippen molar-refractivity contribution >= 4 is 17.7 Å². The van der Waals surface area contributed by atoms with Crippen LogP contribution in [0.4, 0.5) is 5.69 Å². The van der Waals surface area contributed by atoms with Crippen molar-refractivity contribution in [2.24, 2.45) is 0 Å². The van der Waals surface area contributed by atoms with Gasteiger partial charge in [-0.25, -0.2) is 4.79 Å². The molecule has 0 unspecified atom stereocenters. The maximum atomic E-state index is 11.2. The SMILES string of the molecule is CCOC(=O)/C=C/c1ccc(NCc2nnc(CC)o2)cc1. The van der Waals surface area contributed by atoms with Gasteiger partial charge in [-0.1, -0.05) is 19.1 Å². The fraction of sp³-hybridized carbons (Fsp3) is 0.312. The van der Waals surface area contributed by atoms with E-state index in [0.29, 0.717) is 24.9 Å². The Labute approximate surface area is 129 Å². The average Bonchev–Trinajstić information content (AvgIpc) is 3.00. The Balaban J connectivity index is 1.87. The third-order valence-electron chi connectivity index (χ3n) is 2.86. The molecule has 1 N–H and O–H groups in total. The molecule has 22 heavy (non-hydrogen) atoms. The van der Waals surface area contributed by atoms with Crippen LogP contribution in [0, 0.1) is 0 Å². The summed E-state index contributed by atoms with van der Waals surface area (Å²) < 4.78 is 10.2. The molecule has 6 nitrogen and oxygen atoms in total. The second-order valence-electron chi connectivity index (χ2n) is 4.50. The summed E-state index contributed by atoms with van der Waals surface area (Å²) in [5.41, 5.74) is 1.86. The van der Waals surface area contributed by atoms with Gasteiger partial charge in [0.1, 0.15) is 0 Å². The highest BCUT2D eigenvalue weighted by Crippen LogP contribution is 2.12. The summed E-state index contributed by atoms with van der Waals surface area (Å²) in [6.45, 7) is 4.60. The molecular weight excluding hydrogens is 282 g/mol. The lowest BCUT2D eigenvalue weighted by molar-refractivity contribution is -0.137. The maximum Gasteiger partial charge on any atom is 0.330 e. The first-order valence-corrected chi connectivity index (χ1v) is 7.21. The Morgan fingerprint density at radius 1 is 1.23 bits per heavy atom. The van der Waals surface area contributed by atoms with Gasteiger partial charge < -0.3 is 14.5 Å². The number of aryl methyl sites for hydroxylation is 1. The van der Waals surface area contributed by atoms with E-state index in [1.165, 1.54) is 6.08 Å². The number of rotatable bonds is 7. The molecule has 0 spiro atoms. The molecule has 1 heterocycles. The van der Waals surface area contributed by atoms with E-state index in [2.05, 4.69) is 15.5 Å². The van der Waals surface area contributed by atoms with Gasteiger partial charge >= 0.3 is 5.97 Å². The number of benzene rings is 1. The first-order chi connectivity index (χ1) is 10.7. The van der Waals surface area contributed by atoms with Crippen LogP contribution in [0.25, 0.3) is 6.08 Å². The highest BCUT2D eigenvalue weighted by Gasteiger charge is 2.03. The first kappa shape index (κ1) is 15.8. The number of aromatic nitrogens is 2. The monoisotopic (exact) mass is 301 g/mol. The summed E-state index contributed by atoms with van der Waals surface area (Å²) >= 11 is 0. The second-order valence-corrected chi connectivity index (χ2v) is 4.50. The highest BCUT2D eigenvalue weighted by atomic mass is 16.5. The number of ether oxygens (including phenoxy) is 1. The third-order valence-corrected chi connectivity index (χ3v) is 2.86. The van der Waals surface area contributed by atoms with Crippen LogP contribution in [0.2, 0.25) is 0 Å². The van der Waals surface area contributed by atoms with Crippen LogP contribution >= 0.6 is 0 Å². The average molecular weight is 301 g/mol. The zero-order chi connectivity index (χ0) is 15.8. The Hall–Kier alpha value is -2.63.